The molecule has 0 spiro atoms. The van der Waals surface area contributed by atoms with Crippen LogP contribution in [0.1, 0.15) is 115 Å². The van der Waals surface area contributed by atoms with Gasteiger partial charge in [-0.05, 0) is 66.6 Å². The molecule has 13 unspecified atom stereocenters. The highest BCUT2D eigenvalue weighted by Gasteiger charge is 2.51. The Balaban J connectivity index is 1.10. The van der Waals surface area contributed by atoms with Crippen LogP contribution in [0, 0.1) is 0 Å². The second-order valence-electron chi connectivity index (χ2n) is 15.9. The van der Waals surface area contributed by atoms with Crippen LogP contribution in [0.5, 0.6) is 17.2 Å². The van der Waals surface area contributed by atoms with E-state index in [1.807, 2.05) is 25.9 Å². The minimum absolute atomic E-state index is 0.00671. The molecular formula is C40H53NO14. The minimum Gasteiger partial charge on any atom is -0.507 e. The van der Waals surface area contributed by atoms with Gasteiger partial charge in [-0.3, -0.25) is 9.59 Å². The first kappa shape index (κ1) is 40.0. The summed E-state index contributed by atoms with van der Waals surface area (Å²) in [5, 5.41) is 67.0. The van der Waals surface area contributed by atoms with E-state index in [1.165, 1.54) is 18.2 Å². The van der Waals surface area contributed by atoms with Gasteiger partial charge < -0.3 is 64.0 Å². The molecule has 55 heavy (non-hydrogen) atoms. The number of hydrogen-bond acceptors (Lipinski definition) is 15. The Morgan fingerprint density at radius 3 is 2.07 bits per heavy atom. The van der Waals surface area contributed by atoms with Crippen molar-refractivity contribution in [1.82, 2.24) is 4.90 Å². The predicted molar refractivity (Wildman–Crippen MR) is 193 cm³/mol. The normalized spacial score (nSPS) is 37.7. The number of hydrogen-bond donors (Lipinski definition) is 6. The second kappa shape index (κ2) is 15.3. The fourth-order valence-electron chi connectivity index (χ4n) is 8.95. The summed E-state index contributed by atoms with van der Waals surface area (Å²) in [5.41, 5.74) is -2.55. The molecule has 3 heterocycles. The first-order valence-corrected chi connectivity index (χ1v) is 19.2. The Labute approximate surface area is 319 Å². The quantitative estimate of drug-likeness (QED) is 0.182. The first-order chi connectivity index (χ1) is 26.0. The standard InChI is InChI=1S/C40H53NO14/c1-7-40(49)14-13-21-30(36(48)32-31(34(21)46)35(47)29-20(33(32)45)9-8-10-24(29)43)39(40)55-27-15-22(41(5)6)37(18(3)51-27)54-28-16-25(44)38(19(4)52-28)53-26-12-11-23(42)17(2)50-26/h8-10,17-19,22-23,25-28,37-39,42-44,46,48-49H,7,11-16H2,1-6H3. The van der Waals surface area contributed by atoms with Crippen molar-refractivity contribution in [2.45, 2.75) is 152 Å². The molecule has 2 aromatic rings. The Kier molecular flexibility index (Phi) is 11.1. The summed E-state index contributed by atoms with van der Waals surface area (Å²) in [5.74, 6) is -3.05. The molecule has 5 aliphatic rings. The molecule has 6 N–H and O–H groups in total. The SMILES string of the molecule is CCC1(O)CCc2c(O)c3c(c(O)c2C1OC1CC(N(C)C)C(OC2CC(O)C(OC4CCC(O)C(C)O4)C(C)O2)C(C)O1)C(=O)c1cccc(O)c1C3=O. The molecule has 3 aliphatic heterocycles. The number of nitrogens with zero attached hydrogens (tertiary/aromatic N) is 1. The van der Waals surface area contributed by atoms with Crippen molar-refractivity contribution in [3.8, 4) is 17.2 Å². The number of phenolic OH excluding ortho intramolecular Hbond substituents is 3. The Bertz CT molecular complexity index is 1790. The third kappa shape index (κ3) is 7.06. The van der Waals surface area contributed by atoms with Gasteiger partial charge in [0.1, 0.15) is 35.6 Å². The predicted octanol–water partition coefficient (Wildman–Crippen LogP) is 2.94. The number of ketones is 2. The number of benzene rings is 2. The number of phenols is 3. The molecule has 3 fully saturated rings. The number of likely N-dealkylation sites (N-methyl/N-ethyl adjacent to an activating group) is 1. The molecule has 0 radical (unpaired) electrons. The van der Waals surface area contributed by atoms with Crippen LogP contribution in [-0.4, -0.2) is 134 Å². The zero-order valence-electron chi connectivity index (χ0n) is 32.0. The maximum absolute atomic E-state index is 13.8. The van der Waals surface area contributed by atoms with Crippen molar-refractivity contribution in [3.63, 3.8) is 0 Å². The van der Waals surface area contributed by atoms with Crippen LogP contribution in [-0.2, 0) is 34.8 Å². The van der Waals surface area contributed by atoms with Gasteiger partial charge in [-0.25, -0.2) is 0 Å². The zero-order chi connectivity index (χ0) is 39.7. The Morgan fingerprint density at radius 2 is 1.42 bits per heavy atom. The van der Waals surface area contributed by atoms with Crippen molar-refractivity contribution in [1.29, 1.82) is 0 Å². The van der Waals surface area contributed by atoms with E-state index in [1.54, 1.807) is 20.8 Å². The molecule has 7 rings (SSSR count). The largest absolute Gasteiger partial charge is 0.507 e. The Morgan fingerprint density at radius 1 is 0.782 bits per heavy atom. The number of rotatable bonds is 8. The molecule has 15 nitrogen and oxygen atoms in total. The van der Waals surface area contributed by atoms with E-state index in [4.69, 9.17) is 28.4 Å². The van der Waals surface area contributed by atoms with Gasteiger partial charge in [0.2, 0.25) is 5.78 Å². The summed E-state index contributed by atoms with van der Waals surface area (Å²) in [6.45, 7) is 7.16. The highest BCUT2D eigenvalue weighted by Crippen LogP contribution is 2.54. The van der Waals surface area contributed by atoms with E-state index in [2.05, 4.69) is 0 Å². The topological polar surface area (TPSA) is 214 Å². The maximum atomic E-state index is 13.8. The van der Waals surface area contributed by atoms with Crippen molar-refractivity contribution in [2.24, 2.45) is 0 Å². The average molecular weight is 772 g/mol. The molecule has 15 heteroatoms. The van der Waals surface area contributed by atoms with Gasteiger partial charge in [0.25, 0.3) is 0 Å². The number of aromatic hydroxyl groups is 3. The number of ether oxygens (including phenoxy) is 6. The highest BCUT2D eigenvalue weighted by atomic mass is 16.7. The van der Waals surface area contributed by atoms with Gasteiger partial charge in [-0.1, -0.05) is 19.1 Å². The molecule has 302 valence electrons. The number of fused-ring (bicyclic) bond motifs is 3. The van der Waals surface area contributed by atoms with Crippen LogP contribution in [0.2, 0.25) is 0 Å². The molecular weight excluding hydrogens is 718 g/mol. The molecule has 13 atom stereocenters. The van der Waals surface area contributed by atoms with Gasteiger partial charge in [-0.2, -0.15) is 0 Å². The van der Waals surface area contributed by atoms with E-state index in [-0.39, 0.29) is 66.5 Å². The second-order valence-corrected chi connectivity index (χ2v) is 15.9. The molecule has 0 amide bonds. The zero-order valence-corrected chi connectivity index (χ0v) is 32.0. The van der Waals surface area contributed by atoms with Crippen LogP contribution < -0.4 is 0 Å². The van der Waals surface area contributed by atoms with Gasteiger partial charge in [0, 0.05) is 42.0 Å². The van der Waals surface area contributed by atoms with Gasteiger partial charge >= 0.3 is 0 Å². The van der Waals surface area contributed by atoms with E-state index in [9.17, 15) is 40.2 Å². The molecule has 2 aromatic carbocycles. The fraction of sp³-hybridized carbons (Fsp3) is 0.650. The number of carbonyl (C=O) groups excluding carboxylic acids is 2. The minimum atomic E-state index is -1.54. The van der Waals surface area contributed by atoms with Crippen LogP contribution in [0.4, 0.5) is 0 Å². The monoisotopic (exact) mass is 771 g/mol. The summed E-state index contributed by atoms with van der Waals surface area (Å²) in [6, 6.07) is 3.74. The summed E-state index contributed by atoms with van der Waals surface area (Å²) in [7, 11) is 3.77. The summed E-state index contributed by atoms with van der Waals surface area (Å²) in [6.07, 6.45) is -6.00. The third-order valence-electron chi connectivity index (χ3n) is 12.2. The molecule has 2 aliphatic carbocycles. The number of aliphatic hydroxyl groups is 3. The lowest BCUT2D eigenvalue weighted by Crippen LogP contribution is -2.58. The van der Waals surface area contributed by atoms with Gasteiger partial charge in [0.15, 0.2) is 24.7 Å². The lowest BCUT2D eigenvalue weighted by molar-refractivity contribution is -0.331. The van der Waals surface area contributed by atoms with Gasteiger partial charge in [0.05, 0.1) is 52.8 Å². The Hall–Kier alpha value is -3.22. The van der Waals surface area contributed by atoms with Crippen LogP contribution in [0.15, 0.2) is 18.2 Å². The molecule has 0 saturated carbocycles. The van der Waals surface area contributed by atoms with E-state index in [0.29, 0.717) is 12.8 Å². The van der Waals surface area contributed by atoms with E-state index < -0.39 is 107 Å². The van der Waals surface area contributed by atoms with Crippen LogP contribution in [0.25, 0.3) is 0 Å². The van der Waals surface area contributed by atoms with E-state index >= 15 is 0 Å². The van der Waals surface area contributed by atoms with Crippen molar-refractivity contribution >= 4 is 11.6 Å². The highest BCUT2D eigenvalue weighted by molar-refractivity contribution is 6.31. The summed E-state index contributed by atoms with van der Waals surface area (Å²) >= 11 is 0. The van der Waals surface area contributed by atoms with Crippen molar-refractivity contribution in [3.05, 3.63) is 51.6 Å². The van der Waals surface area contributed by atoms with Crippen LogP contribution >= 0.6 is 0 Å². The lowest BCUT2D eigenvalue weighted by atomic mass is 9.71. The molecule has 0 aromatic heterocycles. The number of aliphatic hydroxyl groups excluding tert-OH is 2. The maximum Gasteiger partial charge on any atom is 0.202 e. The average Bonchev–Trinajstić information content (AvgIpc) is 3.13. The van der Waals surface area contributed by atoms with E-state index in [0.717, 1.165) is 0 Å². The first-order valence-electron chi connectivity index (χ1n) is 19.2. The summed E-state index contributed by atoms with van der Waals surface area (Å²) in [4.78, 5) is 29.4. The van der Waals surface area contributed by atoms with Crippen molar-refractivity contribution in [2.75, 3.05) is 14.1 Å². The third-order valence-corrected chi connectivity index (χ3v) is 12.2. The lowest BCUT2D eigenvalue weighted by Gasteiger charge is -2.48. The molecule has 3 saturated heterocycles. The fourth-order valence-corrected chi connectivity index (χ4v) is 8.95. The van der Waals surface area contributed by atoms with Crippen LogP contribution in [0.3, 0.4) is 0 Å². The van der Waals surface area contributed by atoms with Gasteiger partial charge in [-0.15, -0.1) is 0 Å². The summed E-state index contributed by atoms with van der Waals surface area (Å²) < 4.78 is 37.6. The smallest absolute Gasteiger partial charge is 0.202 e. The number of carbonyl (C=O) groups is 2. The van der Waals surface area contributed by atoms with Crippen molar-refractivity contribution < 1.29 is 68.6 Å². The molecule has 0 bridgehead atoms.